The lowest BCUT2D eigenvalue weighted by molar-refractivity contribution is 0.717. The van der Waals surface area contributed by atoms with E-state index in [0.717, 1.165) is 10.9 Å². The van der Waals surface area contributed by atoms with Crippen molar-refractivity contribution in [1.82, 2.24) is 0 Å². The van der Waals surface area contributed by atoms with Crippen LogP contribution in [0.2, 0.25) is 0 Å². The van der Waals surface area contributed by atoms with Crippen molar-refractivity contribution >= 4 is 38.5 Å². The maximum Gasteiger partial charge on any atom is 0.0347 e. The van der Waals surface area contributed by atoms with Crippen LogP contribution < -0.4 is 5.73 Å². The lowest BCUT2D eigenvalue weighted by Gasteiger charge is -2.15. The van der Waals surface area contributed by atoms with Crippen LogP contribution in [0, 0.1) is 10.5 Å². The number of aryl methyl sites for hydroxylation is 1. The molecule has 0 aliphatic rings. The van der Waals surface area contributed by atoms with E-state index < -0.39 is 0 Å². The van der Waals surface area contributed by atoms with E-state index in [4.69, 9.17) is 5.73 Å². The minimum atomic E-state index is 0.0272. The minimum absolute atomic E-state index is 0.0272. The third-order valence-corrected chi connectivity index (χ3v) is 4.36. The summed E-state index contributed by atoms with van der Waals surface area (Å²) in [4.78, 5) is 0. The van der Waals surface area contributed by atoms with Crippen LogP contribution in [0.1, 0.15) is 22.7 Å². The minimum Gasteiger partial charge on any atom is -0.324 e. The molecule has 0 saturated carbocycles. The Bertz CT molecular complexity index is 537. The van der Waals surface area contributed by atoms with Crippen LogP contribution in [-0.4, -0.2) is 0 Å². The van der Waals surface area contributed by atoms with E-state index >= 15 is 0 Å². The largest absolute Gasteiger partial charge is 0.324 e. The van der Waals surface area contributed by atoms with Gasteiger partial charge in [0.25, 0.3) is 0 Å². The molecular weight excluding hydrogens is 401 g/mol. The van der Waals surface area contributed by atoms with Crippen LogP contribution in [0.5, 0.6) is 0 Å². The smallest absolute Gasteiger partial charge is 0.0347 e. The quantitative estimate of drug-likeness (QED) is 0.728. The van der Waals surface area contributed by atoms with Crippen LogP contribution in [0.15, 0.2) is 46.9 Å². The van der Waals surface area contributed by atoms with Crippen LogP contribution in [0.25, 0.3) is 0 Å². The van der Waals surface area contributed by atoms with E-state index in [1.165, 1.54) is 20.3 Å². The second-order valence-corrected chi connectivity index (χ2v) is 6.56. The predicted molar refractivity (Wildman–Crippen MR) is 88.7 cm³/mol. The standard InChI is InChI=1S/C15H15BrIN/c1-10-2-7-14(16)13(8-10)15(18)9-11-3-5-12(17)6-4-11/h2-8,15H,9,18H2,1H3. The third-order valence-electron chi connectivity index (χ3n) is 2.92. The first-order valence-electron chi connectivity index (χ1n) is 5.82. The van der Waals surface area contributed by atoms with Gasteiger partial charge in [-0.15, -0.1) is 0 Å². The molecule has 0 aromatic heterocycles. The van der Waals surface area contributed by atoms with Gasteiger partial charge in [-0.2, -0.15) is 0 Å². The Morgan fingerprint density at radius 2 is 1.83 bits per heavy atom. The lowest BCUT2D eigenvalue weighted by atomic mass is 9.98. The van der Waals surface area contributed by atoms with Gasteiger partial charge in [-0.3, -0.25) is 0 Å². The SMILES string of the molecule is Cc1ccc(Br)c(C(N)Cc2ccc(I)cc2)c1. The number of rotatable bonds is 3. The van der Waals surface area contributed by atoms with Crippen LogP contribution in [0.3, 0.4) is 0 Å². The van der Waals surface area contributed by atoms with Gasteiger partial charge < -0.3 is 5.73 Å². The third kappa shape index (κ3) is 3.56. The highest BCUT2D eigenvalue weighted by Crippen LogP contribution is 2.25. The van der Waals surface area contributed by atoms with E-state index in [1.807, 2.05) is 0 Å². The molecule has 0 amide bonds. The summed E-state index contributed by atoms with van der Waals surface area (Å²) < 4.78 is 2.34. The van der Waals surface area contributed by atoms with Gasteiger partial charge in [0.2, 0.25) is 0 Å². The molecule has 2 rings (SSSR count). The van der Waals surface area contributed by atoms with Crippen molar-refractivity contribution in [2.45, 2.75) is 19.4 Å². The molecule has 1 unspecified atom stereocenters. The highest BCUT2D eigenvalue weighted by molar-refractivity contribution is 14.1. The van der Waals surface area contributed by atoms with E-state index in [0.29, 0.717) is 0 Å². The Hall–Kier alpha value is -0.390. The van der Waals surface area contributed by atoms with Crippen LogP contribution in [-0.2, 0) is 6.42 Å². The van der Waals surface area contributed by atoms with Crippen molar-refractivity contribution in [1.29, 1.82) is 0 Å². The summed E-state index contributed by atoms with van der Waals surface area (Å²) in [5, 5.41) is 0. The fraction of sp³-hybridized carbons (Fsp3) is 0.200. The normalized spacial score (nSPS) is 12.4. The molecule has 2 aromatic carbocycles. The molecule has 0 bridgehead atoms. The fourth-order valence-corrected chi connectivity index (χ4v) is 2.83. The summed E-state index contributed by atoms with van der Waals surface area (Å²) in [5.74, 6) is 0. The second-order valence-electron chi connectivity index (χ2n) is 4.46. The number of hydrogen-bond donors (Lipinski definition) is 1. The van der Waals surface area contributed by atoms with Gasteiger partial charge in [0.05, 0.1) is 0 Å². The molecule has 18 heavy (non-hydrogen) atoms. The molecule has 2 N–H and O–H groups in total. The van der Waals surface area contributed by atoms with Gasteiger partial charge in [-0.05, 0) is 65.3 Å². The molecular formula is C15H15BrIN. The van der Waals surface area contributed by atoms with Gasteiger partial charge in [0, 0.05) is 14.1 Å². The van der Waals surface area contributed by atoms with Gasteiger partial charge in [0.15, 0.2) is 0 Å². The van der Waals surface area contributed by atoms with E-state index in [1.54, 1.807) is 0 Å². The van der Waals surface area contributed by atoms with E-state index in [2.05, 4.69) is 87.9 Å². The summed E-state index contributed by atoms with van der Waals surface area (Å²) >= 11 is 5.89. The zero-order valence-electron chi connectivity index (χ0n) is 10.2. The van der Waals surface area contributed by atoms with Gasteiger partial charge >= 0.3 is 0 Å². The Labute approximate surface area is 130 Å². The first kappa shape index (κ1) is 14.0. The average molecular weight is 416 g/mol. The summed E-state index contributed by atoms with van der Waals surface area (Å²) in [7, 11) is 0. The van der Waals surface area contributed by atoms with Gasteiger partial charge in [0.1, 0.15) is 0 Å². The van der Waals surface area contributed by atoms with Gasteiger partial charge in [-0.1, -0.05) is 45.8 Å². The van der Waals surface area contributed by atoms with Crippen LogP contribution in [0.4, 0.5) is 0 Å². The highest BCUT2D eigenvalue weighted by atomic mass is 127. The van der Waals surface area contributed by atoms with Gasteiger partial charge in [-0.25, -0.2) is 0 Å². The Morgan fingerprint density at radius 1 is 1.17 bits per heavy atom. The first-order valence-corrected chi connectivity index (χ1v) is 7.69. The van der Waals surface area contributed by atoms with Crippen molar-refractivity contribution < 1.29 is 0 Å². The number of nitrogens with two attached hydrogens (primary N) is 1. The summed E-state index contributed by atoms with van der Waals surface area (Å²) in [5.41, 5.74) is 9.99. The Kier molecular flexibility index (Phi) is 4.81. The molecule has 1 nitrogen and oxygen atoms in total. The zero-order chi connectivity index (χ0) is 13.1. The number of halogens is 2. The highest BCUT2D eigenvalue weighted by Gasteiger charge is 2.10. The Morgan fingerprint density at radius 3 is 2.50 bits per heavy atom. The van der Waals surface area contributed by atoms with Crippen molar-refractivity contribution in [2.75, 3.05) is 0 Å². The summed E-state index contributed by atoms with van der Waals surface area (Å²) in [6.07, 6.45) is 0.860. The molecule has 0 fully saturated rings. The molecule has 0 aliphatic heterocycles. The molecule has 2 aromatic rings. The second kappa shape index (κ2) is 6.17. The summed E-state index contributed by atoms with van der Waals surface area (Å²) in [6.45, 7) is 2.09. The van der Waals surface area contributed by atoms with Crippen molar-refractivity contribution in [3.63, 3.8) is 0 Å². The van der Waals surface area contributed by atoms with E-state index in [-0.39, 0.29) is 6.04 Å². The molecule has 3 heteroatoms. The molecule has 0 aliphatic carbocycles. The lowest BCUT2D eigenvalue weighted by Crippen LogP contribution is -2.14. The monoisotopic (exact) mass is 415 g/mol. The molecule has 0 saturated heterocycles. The maximum atomic E-state index is 6.30. The molecule has 0 spiro atoms. The fourth-order valence-electron chi connectivity index (χ4n) is 1.93. The topological polar surface area (TPSA) is 26.0 Å². The average Bonchev–Trinajstić information content (AvgIpc) is 2.35. The number of hydrogen-bond acceptors (Lipinski definition) is 1. The molecule has 94 valence electrons. The Balaban J connectivity index is 2.18. The maximum absolute atomic E-state index is 6.30. The van der Waals surface area contributed by atoms with Crippen LogP contribution >= 0.6 is 38.5 Å². The molecule has 1 atom stereocenters. The number of benzene rings is 2. The predicted octanol–water partition coefficient (Wildman–Crippen LogP) is 4.60. The molecule has 0 heterocycles. The zero-order valence-corrected chi connectivity index (χ0v) is 13.9. The van der Waals surface area contributed by atoms with Crippen molar-refractivity contribution in [3.05, 3.63) is 67.2 Å². The van der Waals surface area contributed by atoms with Crippen molar-refractivity contribution in [2.24, 2.45) is 5.73 Å². The summed E-state index contributed by atoms with van der Waals surface area (Å²) in [6, 6.07) is 14.9. The molecule has 0 radical (unpaired) electrons. The van der Waals surface area contributed by atoms with Crippen molar-refractivity contribution in [3.8, 4) is 0 Å². The van der Waals surface area contributed by atoms with E-state index in [9.17, 15) is 0 Å². The first-order chi connectivity index (χ1) is 8.56.